The second-order valence-electron chi connectivity index (χ2n) is 6.25. The van der Waals surface area contributed by atoms with Gasteiger partial charge in [-0.05, 0) is 31.2 Å². The number of carbonyl (C=O) groups is 1. The molecule has 0 spiro atoms. The maximum atomic E-state index is 11.8. The molecule has 0 saturated heterocycles. The molecule has 2 aromatic carbocycles. The van der Waals surface area contributed by atoms with Crippen LogP contribution < -0.4 is 18.9 Å². The smallest absolute Gasteiger partial charge is 0.200 e. The minimum Gasteiger partial charge on any atom is -0.502 e. The van der Waals surface area contributed by atoms with Gasteiger partial charge in [-0.3, -0.25) is 4.79 Å². The highest BCUT2D eigenvalue weighted by atomic mass is 16.5. The minimum atomic E-state index is -0.565. The first kappa shape index (κ1) is 18.8. The molecule has 7 heteroatoms. The summed E-state index contributed by atoms with van der Waals surface area (Å²) < 4.78 is 21.9. The molecule has 144 valence electrons. The molecule has 0 aliphatic carbocycles. The van der Waals surface area contributed by atoms with Crippen LogP contribution in [0.25, 0.3) is 0 Å². The third-order valence-corrected chi connectivity index (χ3v) is 4.75. The maximum Gasteiger partial charge on any atom is 0.200 e. The number of phenols is 1. The molecule has 2 atom stereocenters. The number of aliphatic hydroxyl groups excluding tert-OH is 1. The number of phenolic OH excluding ortho intramolecular Hbond substituents is 1. The lowest BCUT2D eigenvalue weighted by molar-refractivity contribution is 0.101. The highest BCUT2D eigenvalue weighted by molar-refractivity contribution is 5.95. The Kier molecular flexibility index (Phi) is 5.14. The molecule has 0 aromatic heterocycles. The standard InChI is InChI=1S/C20H22O7/c1-10(22)11-5-13-14(9-21)19(27-20(13)17(6-11)26-4)12-7-15(24-2)18(23)16(8-12)25-3/h5-8,14,19,21,23H,9H2,1-4H3/t14-,19+/m0/s1. The zero-order valence-corrected chi connectivity index (χ0v) is 15.6. The summed E-state index contributed by atoms with van der Waals surface area (Å²) in [5.41, 5.74) is 1.83. The van der Waals surface area contributed by atoms with Crippen molar-refractivity contribution in [3.8, 4) is 28.7 Å². The topological polar surface area (TPSA) is 94.5 Å². The van der Waals surface area contributed by atoms with E-state index < -0.39 is 12.0 Å². The third kappa shape index (κ3) is 3.14. The first-order valence-electron chi connectivity index (χ1n) is 8.40. The fourth-order valence-corrected chi connectivity index (χ4v) is 3.32. The summed E-state index contributed by atoms with van der Waals surface area (Å²) >= 11 is 0. The molecular weight excluding hydrogens is 352 g/mol. The Balaban J connectivity index is 2.12. The molecule has 3 rings (SSSR count). The summed E-state index contributed by atoms with van der Waals surface area (Å²) in [4.78, 5) is 11.8. The minimum absolute atomic E-state index is 0.107. The van der Waals surface area contributed by atoms with E-state index in [-0.39, 0.29) is 29.6 Å². The van der Waals surface area contributed by atoms with E-state index >= 15 is 0 Å². The van der Waals surface area contributed by atoms with Gasteiger partial charge in [0, 0.05) is 16.7 Å². The molecule has 1 aliphatic heterocycles. The number of benzene rings is 2. The van der Waals surface area contributed by atoms with Crippen LogP contribution in [0.5, 0.6) is 28.7 Å². The normalized spacial score (nSPS) is 17.8. The zero-order chi connectivity index (χ0) is 19.7. The van der Waals surface area contributed by atoms with Gasteiger partial charge in [-0.1, -0.05) is 0 Å². The average Bonchev–Trinajstić information content (AvgIpc) is 3.05. The summed E-state index contributed by atoms with van der Waals surface area (Å²) in [5, 5.41) is 20.2. The molecule has 0 fully saturated rings. The summed E-state index contributed by atoms with van der Waals surface area (Å²) in [6.45, 7) is 1.27. The van der Waals surface area contributed by atoms with Crippen LogP contribution in [0.1, 0.15) is 40.4 Å². The molecule has 0 amide bonds. The Morgan fingerprint density at radius 2 is 1.63 bits per heavy atom. The number of hydrogen-bond acceptors (Lipinski definition) is 7. The lowest BCUT2D eigenvalue weighted by Gasteiger charge is -2.20. The van der Waals surface area contributed by atoms with Crippen molar-refractivity contribution < 1.29 is 34.0 Å². The van der Waals surface area contributed by atoms with Crippen LogP contribution in [-0.4, -0.2) is 43.9 Å². The van der Waals surface area contributed by atoms with Gasteiger partial charge < -0.3 is 29.2 Å². The van der Waals surface area contributed by atoms with Crippen molar-refractivity contribution in [2.75, 3.05) is 27.9 Å². The molecule has 0 bridgehead atoms. The van der Waals surface area contributed by atoms with Crippen LogP contribution in [0.2, 0.25) is 0 Å². The van der Waals surface area contributed by atoms with Crippen LogP contribution in [0.4, 0.5) is 0 Å². The lowest BCUT2D eigenvalue weighted by atomic mass is 9.90. The summed E-state index contributed by atoms with van der Waals surface area (Å²) in [7, 11) is 4.37. The zero-order valence-electron chi connectivity index (χ0n) is 15.6. The van der Waals surface area contributed by atoms with Gasteiger partial charge in [0.15, 0.2) is 28.8 Å². The SMILES string of the molecule is COc1cc([C@H]2Oc3c(OC)cc(C(C)=O)cc3[C@@H]2CO)cc(OC)c1O. The van der Waals surface area contributed by atoms with E-state index in [1.54, 1.807) is 24.3 Å². The number of fused-ring (bicyclic) bond motifs is 1. The quantitative estimate of drug-likeness (QED) is 0.751. The van der Waals surface area contributed by atoms with Crippen molar-refractivity contribution in [1.82, 2.24) is 0 Å². The third-order valence-electron chi connectivity index (χ3n) is 4.75. The van der Waals surface area contributed by atoms with Crippen molar-refractivity contribution in [3.63, 3.8) is 0 Å². The highest BCUT2D eigenvalue weighted by Crippen LogP contribution is 2.52. The fraction of sp³-hybridized carbons (Fsp3) is 0.350. The molecule has 2 aromatic rings. The van der Waals surface area contributed by atoms with Gasteiger partial charge in [0.05, 0.1) is 33.9 Å². The van der Waals surface area contributed by atoms with Crippen LogP contribution in [-0.2, 0) is 0 Å². The van der Waals surface area contributed by atoms with Crippen LogP contribution in [0, 0.1) is 0 Å². The second-order valence-corrected chi connectivity index (χ2v) is 6.25. The Morgan fingerprint density at radius 3 is 2.11 bits per heavy atom. The number of aromatic hydroxyl groups is 1. The average molecular weight is 374 g/mol. The van der Waals surface area contributed by atoms with Gasteiger partial charge in [0.1, 0.15) is 6.10 Å². The van der Waals surface area contributed by atoms with Gasteiger partial charge in [-0.15, -0.1) is 0 Å². The van der Waals surface area contributed by atoms with Gasteiger partial charge in [-0.2, -0.15) is 0 Å². The highest BCUT2D eigenvalue weighted by Gasteiger charge is 2.38. The monoisotopic (exact) mass is 374 g/mol. The molecule has 7 nitrogen and oxygen atoms in total. The van der Waals surface area contributed by atoms with Gasteiger partial charge in [0.2, 0.25) is 5.75 Å². The first-order valence-corrected chi connectivity index (χ1v) is 8.40. The number of ether oxygens (including phenoxy) is 4. The molecule has 0 unspecified atom stereocenters. The van der Waals surface area contributed by atoms with Crippen LogP contribution in [0.15, 0.2) is 24.3 Å². The van der Waals surface area contributed by atoms with Crippen molar-refractivity contribution >= 4 is 5.78 Å². The Labute approximate surface area is 157 Å². The number of aliphatic hydroxyl groups is 1. The Hall–Kier alpha value is -2.93. The number of rotatable bonds is 6. The Bertz CT molecular complexity index is 850. The van der Waals surface area contributed by atoms with Gasteiger partial charge in [0.25, 0.3) is 0 Å². The number of ketones is 1. The van der Waals surface area contributed by atoms with E-state index in [0.717, 1.165) is 0 Å². The maximum absolute atomic E-state index is 11.8. The lowest BCUT2D eigenvalue weighted by Crippen LogP contribution is -2.13. The predicted octanol–water partition coefficient (Wildman–Crippen LogP) is 2.83. The van der Waals surface area contributed by atoms with Gasteiger partial charge >= 0.3 is 0 Å². The molecular formula is C20H22O7. The molecule has 0 radical (unpaired) electrons. The number of carbonyl (C=O) groups excluding carboxylic acids is 1. The van der Waals surface area contributed by atoms with Crippen molar-refractivity contribution in [2.24, 2.45) is 0 Å². The summed E-state index contributed by atoms with van der Waals surface area (Å²) in [6.07, 6.45) is -0.565. The Morgan fingerprint density at radius 1 is 1.04 bits per heavy atom. The molecule has 27 heavy (non-hydrogen) atoms. The summed E-state index contributed by atoms with van der Waals surface area (Å²) in [5.74, 6) is 0.732. The van der Waals surface area contributed by atoms with E-state index in [9.17, 15) is 15.0 Å². The van der Waals surface area contributed by atoms with E-state index in [2.05, 4.69) is 0 Å². The van der Waals surface area contributed by atoms with E-state index in [1.807, 2.05) is 0 Å². The van der Waals surface area contributed by atoms with E-state index in [0.29, 0.717) is 28.2 Å². The first-order chi connectivity index (χ1) is 12.9. The van der Waals surface area contributed by atoms with Crippen molar-refractivity contribution in [1.29, 1.82) is 0 Å². The van der Waals surface area contributed by atoms with E-state index in [1.165, 1.54) is 28.3 Å². The summed E-state index contributed by atoms with van der Waals surface area (Å²) in [6, 6.07) is 6.61. The molecule has 1 aliphatic rings. The predicted molar refractivity (Wildman–Crippen MR) is 97.4 cm³/mol. The van der Waals surface area contributed by atoms with Crippen LogP contribution in [0.3, 0.4) is 0 Å². The fourth-order valence-electron chi connectivity index (χ4n) is 3.32. The van der Waals surface area contributed by atoms with E-state index in [4.69, 9.17) is 18.9 Å². The molecule has 2 N–H and O–H groups in total. The van der Waals surface area contributed by atoms with Crippen LogP contribution >= 0.6 is 0 Å². The number of Topliss-reactive ketones (excluding diaryl/α,β-unsaturated/α-hetero) is 1. The largest absolute Gasteiger partial charge is 0.502 e. The number of methoxy groups -OCH3 is 3. The number of hydrogen-bond donors (Lipinski definition) is 2. The van der Waals surface area contributed by atoms with Crippen molar-refractivity contribution in [3.05, 3.63) is 41.0 Å². The van der Waals surface area contributed by atoms with Gasteiger partial charge in [-0.25, -0.2) is 0 Å². The molecule has 1 heterocycles. The second kappa shape index (κ2) is 7.36. The molecule has 0 saturated carbocycles. The van der Waals surface area contributed by atoms with Crippen molar-refractivity contribution in [2.45, 2.75) is 18.9 Å².